The molecule has 0 spiro atoms. The van der Waals surface area contributed by atoms with Gasteiger partial charge in [-0.15, -0.1) is 11.3 Å². The molecule has 34 heavy (non-hydrogen) atoms. The Morgan fingerprint density at radius 1 is 1.18 bits per heavy atom. The molecule has 1 aromatic heterocycles. The van der Waals surface area contributed by atoms with Crippen molar-refractivity contribution in [2.75, 3.05) is 32.9 Å². The number of nitrogens with zero attached hydrogens (tertiary/aromatic N) is 4. The predicted molar refractivity (Wildman–Crippen MR) is 139 cm³/mol. The number of rotatable bonds is 9. The van der Waals surface area contributed by atoms with E-state index in [2.05, 4.69) is 51.2 Å². The van der Waals surface area contributed by atoms with Crippen LogP contribution in [0.25, 0.3) is 6.08 Å². The summed E-state index contributed by atoms with van der Waals surface area (Å²) < 4.78 is 0. The Morgan fingerprint density at radius 3 is 2.68 bits per heavy atom. The van der Waals surface area contributed by atoms with Gasteiger partial charge in [-0.1, -0.05) is 37.3 Å². The minimum Gasteiger partial charge on any atom is -0.387 e. The molecular formula is C26H35N5O2S. The van der Waals surface area contributed by atoms with Crippen molar-refractivity contribution in [1.29, 1.82) is 0 Å². The quantitative estimate of drug-likeness (QED) is 0.538. The number of fused-ring (bicyclic) bond motifs is 1. The molecule has 1 amide bonds. The van der Waals surface area contributed by atoms with E-state index >= 15 is 0 Å². The Hall–Kier alpha value is -2.52. The van der Waals surface area contributed by atoms with Gasteiger partial charge >= 0.3 is 0 Å². The first-order valence-electron chi connectivity index (χ1n) is 12.2. The van der Waals surface area contributed by atoms with E-state index in [4.69, 9.17) is 10.6 Å². The Kier molecular flexibility index (Phi) is 8.50. The summed E-state index contributed by atoms with van der Waals surface area (Å²) in [4.78, 5) is 30.5. The zero-order valence-electron chi connectivity index (χ0n) is 20.2. The number of benzene rings is 1. The largest absolute Gasteiger partial charge is 0.387 e. The molecular weight excluding hydrogens is 446 g/mol. The van der Waals surface area contributed by atoms with Crippen molar-refractivity contribution in [3.8, 4) is 0 Å². The highest BCUT2D eigenvalue weighted by Gasteiger charge is 2.24. The van der Waals surface area contributed by atoms with Crippen LogP contribution in [-0.4, -0.2) is 59.5 Å². The minimum atomic E-state index is -0.128. The maximum Gasteiger partial charge on any atom is 0.273 e. The molecule has 0 radical (unpaired) electrons. The van der Waals surface area contributed by atoms with Crippen molar-refractivity contribution in [2.24, 2.45) is 10.7 Å². The smallest absolute Gasteiger partial charge is 0.273 e. The number of hydrogen-bond acceptors (Lipinski definition) is 7. The lowest BCUT2D eigenvalue weighted by atomic mass is 10.1. The molecule has 2 aromatic rings. The zero-order valence-corrected chi connectivity index (χ0v) is 21.0. The van der Waals surface area contributed by atoms with Gasteiger partial charge in [-0.2, -0.15) is 0 Å². The lowest BCUT2D eigenvalue weighted by Crippen LogP contribution is -2.43. The summed E-state index contributed by atoms with van der Waals surface area (Å²) in [7, 11) is 0. The third-order valence-corrected chi connectivity index (χ3v) is 6.98. The average molecular weight is 482 g/mol. The molecule has 3 heterocycles. The highest BCUT2D eigenvalue weighted by Crippen LogP contribution is 2.35. The van der Waals surface area contributed by atoms with Crippen LogP contribution < -0.4 is 5.73 Å². The highest BCUT2D eigenvalue weighted by molar-refractivity contribution is 7.13. The van der Waals surface area contributed by atoms with Crippen molar-refractivity contribution < 1.29 is 9.63 Å². The van der Waals surface area contributed by atoms with Crippen LogP contribution in [0.3, 0.4) is 0 Å². The van der Waals surface area contributed by atoms with Crippen LogP contribution in [-0.2, 0) is 22.7 Å². The fraction of sp³-hybridized carbons (Fsp3) is 0.462. The number of nitrogens with two attached hydrogens (primary N) is 1. The number of thiophene rings is 1. The van der Waals surface area contributed by atoms with Gasteiger partial charge in [-0.25, -0.2) is 10.1 Å². The third-order valence-electron chi connectivity index (χ3n) is 5.92. The first-order valence-corrected chi connectivity index (χ1v) is 13.0. The zero-order chi connectivity index (χ0) is 23.9. The molecule has 182 valence electrons. The topological polar surface area (TPSA) is 74.4 Å². The number of aliphatic imine (C=N–C) groups is 1. The molecule has 0 aliphatic carbocycles. The predicted octanol–water partition coefficient (Wildman–Crippen LogP) is 4.38. The molecule has 0 atom stereocenters. The number of hydroxylamine groups is 2. The lowest BCUT2D eigenvalue weighted by Gasteiger charge is -2.35. The van der Waals surface area contributed by atoms with E-state index in [1.165, 1.54) is 15.5 Å². The number of carbonyl (C=O) groups excluding carboxylic acids is 1. The van der Waals surface area contributed by atoms with E-state index in [-0.39, 0.29) is 5.91 Å². The second-order valence-electron chi connectivity index (χ2n) is 8.82. The first kappa shape index (κ1) is 24.6. The summed E-state index contributed by atoms with van der Waals surface area (Å²) in [5.41, 5.74) is 9.03. The molecule has 8 heteroatoms. The van der Waals surface area contributed by atoms with E-state index in [9.17, 15) is 4.79 Å². The summed E-state index contributed by atoms with van der Waals surface area (Å²) >= 11 is 1.70. The molecule has 7 nitrogen and oxygen atoms in total. The van der Waals surface area contributed by atoms with Gasteiger partial charge in [0.05, 0.1) is 23.8 Å². The molecule has 0 saturated carbocycles. The molecule has 4 rings (SSSR count). The summed E-state index contributed by atoms with van der Waals surface area (Å²) in [5, 5.41) is 1.45. The fourth-order valence-corrected chi connectivity index (χ4v) is 5.57. The van der Waals surface area contributed by atoms with Gasteiger partial charge in [0, 0.05) is 49.6 Å². The second-order valence-corrected chi connectivity index (χ2v) is 9.99. The van der Waals surface area contributed by atoms with Gasteiger partial charge in [-0.05, 0) is 37.5 Å². The normalized spacial score (nSPS) is 17.0. The van der Waals surface area contributed by atoms with Crippen molar-refractivity contribution in [2.45, 2.75) is 46.2 Å². The van der Waals surface area contributed by atoms with Crippen LogP contribution >= 0.6 is 11.3 Å². The molecule has 1 aromatic carbocycles. The third kappa shape index (κ3) is 6.33. The summed E-state index contributed by atoms with van der Waals surface area (Å²) in [6.07, 6.45) is 4.28. The Labute approximate surface area is 206 Å². The lowest BCUT2D eigenvalue weighted by molar-refractivity contribution is -0.180. The molecule has 2 N–H and O–H groups in total. The van der Waals surface area contributed by atoms with Gasteiger partial charge in [0.25, 0.3) is 5.91 Å². The van der Waals surface area contributed by atoms with Gasteiger partial charge in [-0.3, -0.25) is 19.4 Å². The number of carbonyl (C=O) groups is 1. The number of amidine groups is 1. The van der Waals surface area contributed by atoms with Gasteiger partial charge in [0.2, 0.25) is 0 Å². The van der Waals surface area contributed by atoms with E-state index in [0.717, 1.165) is 56.3 Å². The van der Waals surface area contributed by atoms with Crippen LogP contribution in [0.15, 0.2) is 47.0 Å². The van der Waals surface area contributed by atoms with E-state index in [0.29, 0.717) is 31.0 Å². The van der Waals surface area contributed by atoms with E-state index in [1.807, 2.05) is 19.9 Å². The van der Waals surface area contributed by atoms with Crippen LogP contribution in [0.1, 0.15) is 48.4 Å². The molecule has 1 saturated heterocycles. The summed E-state index contributed by atoms with van der Waals surface area (Å²) in [6.45, 7) is 9.92. The molecule has 1 fully saturated rings. The molecule has 2 aliphatic heterocycles. The molecule has 0 unspecified atom stereocenters. The van der Waals surface area contributed by atoms with Crippen LogP contribution in [0.5, 0.6) is 0 Å². The molecule has 0 bridgehead atoms. The minimum absolute atomic E-state index is 0.128. The van der Waals surface area contributed by atoms with Crippen LogP contribution in [0.2, 0.25) is 0 Å². The van der Waals surface area contributed by atoms with Gasteiger partial charge in [0.1, 0.15) is 5.84 Å². The monoisotopic (exact) mass is 481 g/mol. The van der Waals surface area contributed by atoms with Crippen molar-refractivity contribution in [1.82, 2.24) is 14.9 Å². The van der Waals surface area contributed by atoms with Gasteiger partial charge in [0.15, 0.2) is 0 Å². The Morgan fingerprint density at radius 2 is 1.94 bits per heavy atom. The first-order chi connectivity index (χ1) is 16.6. The maximum atomic E-state index is 13.1. The number of hydrogen-bond donors (Lipinski definition) is 1. The average Bonchev–Trinajstić information content (AvgIpc) is 3.11. The summed E-state index contributed by atoms with van der Waals surface area (Å²) in [6, 6.07) is 12.8. The standard InChI is InChI=1S/C26H35N5O2S/c1-3-11-31(33-4-2)26(32)21-14-24-23(28-25(27)15-21)16-22(34-24)18-30-13-8-12-29(19-30)17-20-9-6-5-7-10-20/h5-7,9-10,14,16H,3-4,8,11-13,15,17-19H2,1-2H3,(H2,27,28). The fourth-order valence-electron chi connectivity index (χ4n) is 4.46. The number of amides is 1. The summed E-state index contributed by atoms with van der Waals surface area (Å²) in [5.74, 6) is 0.333. The maximum absolute atomic E-state index is 13.1. The van der Waals surface area contributed by atoms with Crippen molar-refractivity contribution >= 4 is 34.8 Å². The van der Waals surface area contributed by atoms with Crippen molar-refractivity contribution in [3.63, 3.8) is 0 Å². The van der Waals surface area contributed by atoms with E-state index < -0.39 is 0 Å². The van der Waals surface area contributed by atoms with Crippen LogP contribution in [0.4, 0.5) is 5.69 Å². The second kappa shape index (κ2) is 11.8. The van der Waals surface area contributed by atoms with E-state index in [1.54, 1.807) is 11.3 Å². The Balaban J connectivity index is 1.46. The highest BCUT2D eigenvalue weighted by atomic mass is 32.1. The van der Waals surface area contributed by atoms with Crippen molar-refractivity contribution in [3.05, 3.63) is 57.3 Å². The Bertz CT molecular complexity index is 1030. The SMILES string of the molecule is CCCN(OCC)C(=O)C1=Cc2sc(CN3CCCN(Cc4ccccc4)C3)cc2N=C(N)C1. The van der Waals surface area contributed by atoms with Gasteiger partial charge < -0.3 is 5.73 Å². The van der Waals surface area contributed by atoms with Crippen LogP contribution in [0, 0.1) is 0 Å². The molecule has 2 aliphatic rings.